The molecule has 0 aliphatic heterocycles. The minimum atomic E-state index is -0.460. The number of rotatable bonds is 6. The highest BCUT2D eigenvalue weighted by Gasteiger charge is 2.08. The molecule has 7 heteroatoms. The number of ether oxygens (including phenoxy) is 2. The maximum absolute atomic E-state index is 11.8. The minimum absolute atomic E-state index is 0.0571. The number of carbonyl (C=O) groups is 1. The van der Waals surface area contributed by atoms with E-state index < -0.39 is 5.91 Å². The number of hydrazone groups is 1. The van der Waals surface area contributed by atoms with E-state index in [0.717, 1.165) is 0 Å². The van der Waals surface area contributed by atoms with Crippen molar-refractivity contribution in [2.75, 3.05) is 13.7 Å². The lowest BCUT2D eigenvalue weighted by molar-refractivity contribution is -0.123. The van der Waals surface area contributed by atoms with Gasteiger partial charge in [0, 0.05) is 11.6 Å². The molecule has 2 rings (SSSR count). The molecule has 0 aromatic heterocycles. The third kappa shape index (κ3) is 4.39. The van der Waals surface area contributed by atoms with Crippen LogP contribution in [0.25, 0.3) is 0 Å². The monoisotopic (exact) mass is 330 g/mol. The van der Waals surface area contributed by atoms with Gasteiger partial charge in [-0.05, 0) is 31.2 Å². The Kier molecular flexibility index (Phi) is 5.62. The van der Waals surface area contributed by atoms with Crippen LogP contribution in [-0.2, 0) is 4.79 Å². The number of phenols is 2. The second-order valence-electron chi connectivity index (χ2n) is 4.87. The molecular formula is C17H18N2O5. The molecule has 0 bridgehead atoms. The number of para-hydroxylation sites is 2. The standard InChI is InChI=1S/C17H18N2O5/c1-11(13-8-7-12(20)9-14(13)21)18-19-17(22)10-24-16-6-4-3-5-15(16)23-2/h3-9,20-21H,10H2,1-2H3,(H,19,22)/b18-11+. The third-order valence-electron chi connectivity index (χ3n) is 3.15. The molecule has 7 nitrogen and oxygen atoms in total. The van der Waals surface area contributed by atoms with Crippen LogP contribution in [0.3, 0.4) is 0 Å². The summed E-state index contributed by atoms with van der Waals surface area (Å²) >= 11 is 0. The topological polar surface area (TPSA) is 100 Å². The summed E-state index contributed by atoms with van der Waals surface area (Å²) in [5.74, 6) is 0.332. The van der Waals surface area contributed by atoms with Gasteiger partial charge in [-0.1, -0.05) is 12.1 Å². The molecule has 3 N–H and O–H groups in total. The molecular weight excluding hydrogens is 312 g/mol. The Morgan fingerprint density at radius 2 is 1.88 bits per heavy atom. The number of hydrogen-bond donors (Lipinski definition) is 3. The van der Waals surface area contributed by atoms with Crippen molar-refractivity contribution >= 4 is 11.6 Å². The van der Waals surface area contributed by atoms with Gasteiger partial charge in [0.1, 0.15) is 11.5 Å². The van der Waals surface area contributed by atoms with E-state index in [0.29, 0.717) is 22.8 Å². The summed E-state index contributed by atoms with van der Waals surface area (Å²) in [6, 6.07) is 11.1. The largest absolute Gasteiger partial charge is 0.508 e. The lowest BCUT2D eigenvalue weighted by atomic mass is 10.1. The second kappa shape index (κ2) is 7.87. The highest BCUT2D eigenvalue weighted by atomic mass is 16.5. The highest BCUT2D eigenvalue weighted by molar-refractivity contribution is 6.01. The summed E-state index contributed by atoms with van der Waals surface area (Å²) in [6.45, 7) is 1.38. The normalized spacial score (nSPS) is 11.0. The predicted octanol–water partition coefficient (Wildman–Crippen LogP) is 2.03. The Morgan fingerprint density at radius 1 is 1.17 bits per heavy atom. The fraction of sp³-hybridized carbons (Fsp3) is 0.176. The Labute approximate surface area is 139 Å². The van der Waals surface area contributed by atoms with Crippen molar-refractivity contribution in [1.82, 2.24) is 5.43 Å². The van der Waals surface area contributed by atoms with Crippen molar-refractivity contribution < 1.29 is 24.5 Å². The van der Waals surface area contributed by atoms with Crippen molar-refractivity contribution in [1.29, 1.82) is 0 Å². The van der Waals surface area contributed by atoms with E-state index in [1.54, 1.807) is 31.2 Å². The molecule has 0 spiro atoms. The molecule has 0 saturated carbocycles. The molecule has 2 aromatic rings. The summed E-state index contributed by atoms with van der Waals surface area (Å²) in [7, 11) is 1.51. The molecule has 0 fully saturated rings. The zero-order valence-electron chi connectivity index (χ0n) is 13.3. The number of aromatic hydroxyl groups is 2. The van der Waals surface area contributed by atoms with E-state index in [1.165, 1.54) is 25.3 Å². The highest BCUT2D eigenvalue weighted by Crippen LogP contribution is 2.25. The van der Waals surface area contributed by atoms with E-state index in [4.69, 9.17) is 9.47 Å². The SMILES string of the molecule is COc1ccccc1OCC(=O)N/N=C(\C)c1ccc(O)cc1O. The van der Waals surface area contributed by atoms with Crippen LogP contribution in [0.5, 0.6) is 23.0 Å². The van der Waals surface area contributed by atoms with Crippen molar-refractivity contribution in [3.05, 3.63) is 48.0 Å². The first kappa shape index (κ1) is 17.1. The number of amides is 1. The van der Waals surface area contributed by atoms with Crippen LogP contribution in [0.1, 0.15) is 12.5 Å². The zero-order valence-corrected chi connectivity index (χ0v) is 13.3. The number of nitrogens with zero attached hydrogens (tertiary/aromatic N) is 1. The fourth-order valence-corrected chi connectivity index (χ4v) is 1.95. The number of nitrogens with one attached hydrogen (secondary N) is 1. The fourth-order valence-electron chi connectivity index (χ4n) is 1.95. The first-order valence-electron chi connectivity index (χ1n) is 7.12. The van der Waals surface area contributed by atoms with E-state index in [-0.39, 0.29) is 18.1 Å². The summed E-state index contributed by atoms with van der Waals surface area (Å²) < 4.78 is 10.5. The zero-order chi connectivity index (χ0) is 17.5. The van der Waals surface area contributed by atoms with Gasteiger partial charge < -0.3 is 19.7 Å². The summed E-state index contributed by atoms with van der Waals surface area (Å²) in [6.07, 6.45) is 0. The van der Waals surface area contributed by atoms with Crippen molar-refractivity contribution in [3.8, 4) is 23.0 Å². The van der Waals surface area contributed by atoms with Crippen LogP contribution < -0.4 is 14.9 Å². The molecule has 126 valence electrons. The summed E-state index contributed by atoms with van der Waals surface area (Å²) in [4.78, 5) is 11.8. The molecule has 0 radical (unpaired) electrons. The number of methoxy groups -OCH3 is 1. The molecule has 2 aromatic carbocycles. The smallest absolute Gasteiger partial charge is 0.277 e. The van der Waals surface area contributed by atoms with E-state index in [9.17, 15) is 15.0 Å². The number of phenolic OH excluding ortho intramolecular Hbond substituents is 2. The molecule has 0 saturated heterocycles. The maximum Gasteiger partial charge on any atom is 0.277 e. The molecule has 0 aliphatic carbocycles. The Hall–Kier alpha value is -3.22. The summed E-state index contributed by atoms with van der Waals surface area (Å²) in [5.41, 5.74) is 3.13. The van der Waals surface area contributed by atoms with E-state index in [2.05, 4.69) is 10.5 Å². The second-order valence-corrected chi connectivity index (χ2v) is 4.87. The maximum atomic E-state index is 11.8. The van der Waals surface area contributed by atoms with Gasteiger partial charge in [-0.15, -0.1) is 0 Å². The van der Waals surface area contributed by atoms with Gasteiger partial charge in [-0.2, -0.15) is 5.10 Å². The number of hydrogen-bond acceptors (Lipinski definition) is 6. The first-order valence-corrected chi connectivity index (χ1v) is 7.12. The Bertz CT molecular complexity index is 758. The summed E-state index contributed by atoms with van der Waals surface area (Å²) in [5, 5.41) is 22.9. The van der Waals surface area contributed by atoms with Crippen LogP contribution in [0.2, 0.25) is 0 Å². The number of benzene rings is 2. The van der Waals surface area contributed by atoms with Gasteiger partial charge >= 0.3 is 0 Å². The van der Waals surface area contributed by atoms with Crippen molar-refractivity contribution in [2.24, 2.45) is 5.10 Å². The molecule has 0 atom stereocenters. The first-order chi connectivity index (χ1) is 11.5. The van der Waals surface area contributed by atoms with Crippen LogP contribution in [0.15, 0.2) is 47.6 Å². The third-order valence-corrected chi connectivity index (χ3v) is 3.15. The molecule has 0 aliphatic rings. The van der Waals surface area contributed by atoms with Gasteiger partial charge in [0.15, 0.2) is 18.1 Å². The Balaban J connectivity index is 1.94. The quantitative estimate of drug-likeness (QED) is 0.556. The van der Waals surface area contributed by atoms with Crippen molar-refractivity contribution in [3.63, 3.8) is 0 Å². The van der Waals surface area contributed by atoms with Crippen LogP contribution in [0.4, 0.5) is 0 Å². The molecule has 24 heavy (non-hydrogen) atoms. The van der Waals surface area contributed by atoms with Crippen LogP contribution in [-0.4, -0.2) is 35.5 Å². The van der Waals surface area contributed by atoms with Gasteiger partial charge in [-0.3, -0.25) is 4.79 Å². The van der Waals surface area contributed by atoms with Gasteiger partial charge in [0.25, 0.3) is 5.91 Å². The van der Waals surface area contributed by atoms with E-state index in [1.807, 2.05) is 0 Å². The molecule has 0 heterocycles. The molecule has 0 unspecified atom stereocenters. The van der Waals surface area contributed by atoms with E-state index >= 15 is 0 Å². The van der Waals surface area contributed by atoms with Gasteiger partial charge in [0.05, 0.1) is 12.8 Å². The average Bonchev–Trinajstić information content (AvgIpc) is 2.58. The van der Waals surface area contributed by atoms with Crippen LogP contribution >= 0.6 is 0 Å². The van der Waals surface area contributed by atoms with Gasteiger partial charge in [-0.25, -0.2) is 5.43 Å². The minimum Gasteiger partial charge on any atom is -0.508 e. The van der Waals surface area contributed by atoms with Crippen LogP contribution in [0, 0.1) is 0 Å². The lowest BCUT2D eigenvalue weighted by Crippen LogP contribution is -2.25. The van der Waals surface area contributed by atoms with Crippen molar-refractivity contribution in [2.45, 2.75) is 6.92 Å². The number of carbonyl (C=O) groups excluding carboxylic acids is 1. The van der Waals surface area contributed by atoms with Gasteiger partial charge in [0.2, 0.25) is 0 Å². The predicted molar refractivity (Wildman–Crippen MR) is 88.6 cm³/mol. The average molecular weight is 330 g/mol. The molecule has 1 amide bonds. The lowest BCUT2D eigenvalue weighted by Gasteiger charge is -2.09. The Morgan fingerprint density at radius 3 is 2.54 bits per heavy atom.